The first kappa shape index (κ1) is 9.04. The molecule has 0 aromatic heterocycles. The smallest absolute Gasteiger partial charge is 0.108 e. The van der Waals surface area contributed by atoms with Crippen LogP contribution < -0.4 is 0 Å². The molecule has 0 saturated heterocycles. The first-order valence-electron chi connectivity index (χ1n) is 3.19. The van der Waals surface area contributed by atoms with Gasteiger partial charge >= 0.3 is 0 Å². The molecule has 0 N–H and O–H groups in total. The molecule has 0 spiro atoms. The summed E-state index contributed by atoms with van der Waals surface area (Å²) in [5, 5.41) is 11.9. The first-order valence-corrected chi connectivity index (χ1v) is 4.69. The molecule has 3 heteroatoms. The maximum Gasteiger partial charge on any atom is 0.108 e. The van der Waals surface area contributed by atoms with Gasteiger partial charge in [0.15, 0.2) is 0 Å². The molecular formula is C8H7BrClO. The highest BCUT2D eigenvalue weighted by molar-refractivity contribution is 9.08. The third kappa shape index (κ3) is 2.19. The lowest BCUT2D eigenvalue weighted by Crippen LogP contribution is -1.89. The van der Waals surface area contributed by atoms with E-state index in [-0.39, 0.29) is 6.61 Å². The van der Waals surface area contributed by atoms with Gasteiger partial charge in [0.2, 0.25) is 0 Å². The van der Waals surface area contributed by atoms with Crippen LogP contribution in [0.5, 0.6) is 0 Å². The summed E-state index contributed by atoms with van der Waals surface area (Å²) in [6.45, 7) is -0.207. The Morgan fingerprint density at radius 1 is 1.36 bits per heavy atom. The molecule has 0 aliphatic heterocycles. The third-order valence-corrected chi connectivity index (χ3v) is 2.31. The number of halogens is 2. The van der Waals surface area contributed by atoms with Crippen molar-refractivity contribution >= 4 is 27.5 Å². The van der Waals surface area contributed by atoms with E-state index in [2.05, 4.69) is 15.9 Å². The van der Waals surface area contributed by atoms with Crippen LogP contribution in [0.1, 0.15) is 11.1 Å². The largest absolute Gasteiger partial charge is 0.232 e. The summed E-state index contributed by atoms with van der Waals surface area (Å²) >= 11 is 8.99. The maximum absolute atomic E-state index is 10.6. The van der Waals surface area contributed by atoms with E-state index in [0.29, 0.717) is 10.4 Å². The molecule has 1 aromatic rings. The topological polar surface area (TPSA) is 19.9 Å². The predicted molar refractivity (Wildman–Crippen MR) is 48.5 cm³/mol. The summed E-state index contributed by atoms with van der Waals surface area (Å²) in [6.07, 6.45) is 0. The molecule has 1 radical (unpaired) electrons. The van der Waals surface area contributed by atoms with E-state index >= 15 is 0 Å². The minimum Gasteiger partial charge on any atom is -0.232 e. The van der Waals surface area contributed by atoms with Gasteiger partial charge in [-0.05, 0) is 23.3 Å². The van der Waals surface area contributed by atoms with Crippen molar-refractivity contribution in [2.24, 2.45) is 0 Å². The molecule has 1 aromatic carbocycles. The Morgan fingerprint density at radius 3 is 2.64 bits per heavy atom. The van der Waals surface area contributed by atoms with E-state index in [4.69, 9.17) is 11.6 Å². The van der Waals surface area contributed by atoms with Gasteiger partial charge in [-0.3, -0.25) is 0 Å². The Kier molecular flexibility index (Phi) is 3.37. The molecule has 1 nitrogen and oxygen atoms in total. The van der Waals surface area contributed by atoms with Crippen molar-refractivity contribution in [1.29, 1.82) is 0 Å². The fourth-order valence-corrected chi connectivity index (χ4v) is 1.60. The van der Waals surface area contributed by atoms with Gasteiger partial charge in [-0.1, -0.05) is 33.6 Å². The third-order valence-electron chi connectivity index (χ3n) is 1.47. The Bertz CT molecular complexity index is 250. The molecule has 0 saturated carbocycles. The molecular weight excluding hydrogens is 227 g/mol. The number of hydrogen-bond acceptors (Lipinski definition) is 0. The highest BCUT2D eigenvalue weighted by Gasteiger charge is 2.00. The van der Waals surface area contributed by atoms with Crippen molar-refractivity contribution in [2.75, 3.05) is 0 Å². The van der Waals surface area contributed by atoms with Crippen LogP contribution in [0.15, 0.2) is 18.2 Å². The van der Waals surface area contributed by atoms with Crippen LogP contribution in [0.3, 0.4) is 0 Å². The summed E-state index contributed by atoms with van der Waals surface area (Å²) < 4.78 is 0. The zero-order valence-electron chi connectivity index (χ0n) is 5.81. The van der Waals surface area contributed by atoms with E-state index < -0.39 is 0 Å². The van der Waals surface area contributed by atoms with Crippen LogP contribution in [0, 0.1) is 0 Å². The summed E-state index contributed by atoms with van der Waals surface area (Å²) in [5.41, 5.74) is 1.79. The van der Waals surface area contributed by atoms with E-state index in [1.54, 1.807) is 12.1 Å². The van der Waals surface area contributed by atoms with Crippen LogP contribution in [0.4, 0.5) is 0 Å². The van der Waals surface area contributed by atoms with E-state index in [1.807, 2.05) is 6.07 Å². The number of alkyl halides is 1. The zero-order chi connectivity index (χ0) is 8.27. The monoisotopic (exact) mass is 233 g/mol. The molecule has 0 bridgehead atoms. The quantitative estimate of drug-likeness (QED) is 0.701. The van der Waals surface area contributed by atoms with Gasteiger partial charge in [-0.2, -0.15) is 0 Å². The molecule has 0 aliphatic carbocycles. The highest BCUT2D eigenvalue weighted by Crippen LogP contribution is 2.18. The summed E-state index contributed by atoms with van der Waals surface area (Å²) in [5.74, 6) is 0. The Hall–Kier alpha value is -0.0500. The number of benzene rings is 1. The van der Waals surface area contributed by atoms with Crippen molar-refractivity contribution in [3.05, 3.63) is 34.3 Å². The molecule has 0 unspecified atom stereocenters. The molecule has 59 valence electrons. The second-order valence-corrected chi connectivity index (χ2v) is 3.19. The maximum atomic E-state index is 10.6. The van der Waals surface area contributed by atoms with E-state index in [0.717, 1.165) is 11.1 Å². The van der Waals surface area contributed by atoms with Crippen LogP contribution in [0.2, 0.25) is 5.02 Å². The van der Waals surface area contributed by atoms with Gasteiger partial charge in [-0.25, -0.2) is 5.11 Å². The Labute approximate surface area is 79.1 Å². The van der Waals surface area contributed by atoms with Crippen molar-refractivity contribution in [3.8, 4) is 0 Å². The predicted octanol–water partition coefficient (Wildman–Crippen LogP) is 3.17. The highest BCUT2D eigenvalue weighted by atomic mass is 79.9. The molecule has 0 aliphatic rings. The van der Waals surface area contributed by atoms with Crippen LogP contribution >= 0.6 is 27.5 Å². The zero-order valence-corrected chi connectivity index (χ0v) is 8.15. The number of rotatable bonds is 2. The molecule has 0 atom stereocenters. The molecule has 11 heavy (non-hydrogen) atoms. The Balaban J connectivity index is 3.06. The summed E-state index contributed by atoms with van der Waals surface area (Å²) in [6, 6.07) is 5.37. The number of hydrogen-bond donors (Lipinski definition) is 0. The minimum absolute atomic E-state index is 0.207. The van der Waals surface area contributed by atoms with Gasteiger partial charge in [-0.15, -0.1) is 0 Å². The molecule has 1 rings (SSSR count). The second-order valence-electron chi connectivity index (χ2n) is 2.19. The van der Waals surface area contributed by atoms with Gasteiger partial charge in [0.1, 0.15) is 6.61 Å². The van der Waals surface area contributed by atoms with Gasteiger partial charge < -0.3 is 0 Å². The van der Waals surface area contributed by atoms with Crippen molar-refractivity contribution in [3.63, 3.8) is 0 Å². The lowest BCUT2D eigenvalue weighted by atomic mass is 10.1. The standard InChI is InChI=1S/C8H7BrClO/c9-4-6-1-2-8(10)3-7(6)5-11/h1-3H,4-5H2. The first-order chi connectivity index (χ1) is 5.27. The average molecular weight is 234 g/mol. The SMILES string of the molecule is [O]Cc1cc(Cl)ccc1CBr. The van der Waals surface area contributed by atoms with E-state index in [9.17, 15) is 5.11 Å². The fraction of sp³-hybridized carbons (Fsp3) is 0.250. The summed E-state index contributed by atoms with van der Waals surface area (Å²) in [4.78, 5) is 0. The van der Waals surface area contributed by atoms with Gasteiger partial charge in [0.25, 0.3) is 0 Å². The second kappa shape index (κ2) is 4.10. The fourth-order valence-electron chi connectivity index (χ4n) is 0.859. The Morgan fingerprint density at radius 2 is 2.09 bits per heavy atom. The molecule has 0 fully saturated rings. The van der Waals surface area contributed by atoms with Gasteiger partial charge in [0.05, 0.1) is 0 Å². The van der Waals surface area contributed by atoms with Crippen LogP contribution in [0.25, 0.3) is 0 Å². The van der Waals surface area contributed by atoms with Crippen LogP contribution in [-0.4, -0.2) is 0 Å². The van der Waals surface area contributed by atoms with Crippen molar-refractivity contribution < 1.29 is 5.11 Å². The van der Waals surface area contributed by atoms with Crippen molar-refractivity contribution in [2.45, 2.75) is 11.9 Å². The molecule has 0 heterocycles. The lowest BCUT2D eigenvalue weighted by Gasteiger charge is -2.02. The van der Waals surface area contributed by atoms with Crippen LogP contribution in [-0.2, 0) is 17.0 Å². The van der Waals surface area contributed by atoms with E-state index in [1.165, 1.54) is 0 Å². The van der Waals surface area contributed by atoms with Crippen molar-refractivity contribution in [1.82, 2.24) is 0 Å². The van der Waals surface area contributed by atoms with Gasteiger partial charge in [0, 0.05) is 10.4 Å². The normalized spacial score (nSPS) is 10.1. The average Bonchev–Trinajstić information content (AvgIpc) is 2.04. The molecule has 0 amide bonds. The lowest BCUT2D eigenvalue weighted by molar-refractivity contribution is 0.177. The summed E-state index contributed by atoms with van der Waals surface area (Å²) in [7, 11) is 0. The minimum atomic E-state index is -0.207.